The maximum Gasteiger partial charge on any atom is 0.253 e. The average molecular weight is 314 g/mol. The van der Waals surface area contributed by atoms with Crippen molar-refractivity contribution in [2.45, 2.75) is 19.3 Å². The van der Waals surface area contributed by atoms with Crippen LogP contribution in [-0.4, -0.2) is 43.9 Å². The lowest BCUT2D eigenvalue weighted by Crippen LogP contribution is -2.39. The van der Waals surface area contributed by atoms with Crippen molar-refractivity contribution in [2.75, 3.05) is 32.1 Å². The van der Waals surface area contributed by atoms with Gasteiger partial charge < -0.3 is 15.5 Å². The molecular weight excluding hydrogens is 292 g/mol. The number of nitriles is 1. The van der Waals surface area contributed by atoms with Crippen molar-refractivity contribution in [2.24, 2.45) is 11.7 Å². The second-order valence-electron chi connectivity index (χ2n) is 6.18. The Hall–Kier alpha value is -2.55. The molecule has 1 heterocycles. The Morgan fingerprint density at radius 3 is 2.48 bits per heavy atom. The first-order chi connectivity index (χ1) is 10.9. The van der Waals surface area contributed by atoms with E-state index in [1.54, 1.807) is 23.1 Å². The molecule has 0 aliphatic carbocycles. The molecule has 0 unspecified atom stereocenters. The van der Waals surface area contributed by atoms with Crippen LogP contribution in [0.2, 0.25) is 0 Å². The van der Waals surface area contributed by atoms with Crippen LogP contribution in [-0.2, 0) is 4.79 Å². The Labute approximate surface area is 136 Å². The number of likely N-dealkylation sites (tertiary alicyclic amines) is 1. The number of carbonyl (C=O) groups excluding carboxylic acids is 2. The molecule has 0 radical (unpaired) electrons. The largest absolute Gasteiger partial charge is 0.378 e. The van der Waals surface area contributed by atoms with E-state index >= 15 is 0 Å². The molecule has 2 amide bonds. The van der Waals surface area contributed by atoms with Gasteiger partial charge in [-0.25, -0.2) is 0 Å². The number of piperidine rings is 1. The van der Waals surface area contributed by atoms with Crippen LogP contribution in [0.25, 0.3) is 0 Å². The molecule has 2 N–H and O–H groups in total. The number of anilines is 1. The molecule has 122 valence electrons. The van der Waals surface area contributed by atoms with Crippen molar-refractivity contribution in [3.63, 3.8) is 0 Å². The molecule has 0 spiro atoms. The lowest BCUT2D eigenvalue weighted by molar-refractivity contribution is -0.119. The van der Waals surface area contributed by atoms with Gasteiger partial charge in [0.15, 0.2) is 0 Å². The number of carbonyl (C=O) groups is 2. The predicted molar refractivity (Wildman–Crippen MR) is 87.9 cm³/mol. The minimum absolute atomic E-state index is 0.0669. The van der Waals surface area contributed by atoms with Crippen LogP contribution >= 0.6 is 0 Å². The van der Waals surface area contributed by atoms with Gasteiger partial charge in [-0.2, -0.15) is 5.26 Å². The fourth-order valence-electron chi connectivity index (χ4n) is 2.86. The molecule has 1 aliphatic heterocycles. The van der Waals surface area contributed by atoms with Gasteiger partial charge in [0.2, 0.25) is 5.91 Å². The van der Waals surface area contributed by atoms with Crippen molar-refractivity contribution in [3.8, 4) is 6.07 Å². The summed E-state index contributed by atoms with van der Waals surface area (Å²) in [6, 6.07) is 7.29. The topological polar surface area (TPSA) is 90.4 Å². The van der Waals surface area contributed by atoms with E-state index < -0.39 is 0 Å². The minimum Gasteiger partial charge on any atom is -0.378 e. The summed E-state index contributed by atoms with van der Waals surface area (Å²) < 4.78 is 0. The zero-order valence-corrected chi connectivity index (χ0v) is 13.6. The molecule has 0 atom stereocenters. The second-order valence-corrected chi connectivity index (χ2v) is 6.18. The molecular formula is C17H22N4O2. The zero-order chi connectivity index (χ0) is 17.0. The Morgan fingerprint density at radius 2 is 1.96 bits per heavy atom. The highest BCUT2D eigenvalue weighted by Crippen LogP contribution is 2.23. The van der Waals surface area contributed by atoms with Crippen LogP contribution < -0.4 is 10.6 Å². The first-order valence-electron chi connectivity index (χ1n) is 7.70. The average Bonchev–Trinajstić information content (AvgIpc) is 2.53. The summed E-state index contributed by atoms with van der Waals surface area (Å²) in [5.74, 6) is -0.0887. The van der Waals surface area contributed by atoms with Crippen LogP contribution in [0.1, 0.15) is 35.2 Å². The highest BCUT2D eigenvalue weighted by atomic mass is 16.2. The number of hydrogen-bond acceptors (Lipinski definition) is 4. The lowest BCUT2D eigenvalue weighted by atomic mass is 9.93. The molecule has 1 aliphatic rings. The second kappa shape index (κ2) is 7.14. The molecule has 0 aromatic heterocycles. The molecule has 0 saturated carbocycles. The van der Waals surface area contributed by atoms with Gasteiger partial charge in [0.25, 0.3) is 5.91 Å². The quantitative estimate of drug-likeness (QED) is 0.908. The number of primary amides is 1. The summed E-state index contributed by atoms with van der Waals surface area (Å²) in [4.78, 5) is 27.3. The molecule has 23 heavy (non-hydrogen) atoms. The van der Waals surface area contributed by atoms with Crippen LogP contribution in [0, 0.1) is 17.2 Å². The fourth-order valence-corrected chi connectivity index (χ4v) is 2.86. The van der Waals surface area contributed by atoms with Gasteiger partial charge in [0.1, 0.15) is 0 Å². The van der Waals surface area contributed by atoms with Gasteiger partial charge in [-0.1, -0.05) is 0 Å². The van der Waals surface area contributed by atoms with Crippen molar-refractivity contribution in [1.82, 2.24) is 4.90 Å². The molecule has 1 saturated heterocycles. The van der Waals surface area contributed by atoms with E-state index in [-0.39, 0.29) is 17.7 Å². The van der Waals surface area contributed by atoms with Crippen LogP contribution in [0.4, 0.5) is 5.69 Å². The smallest absolute Gasteiger partial charge is 0.253 e. The third-order valence-electron chi connectivity index (χ3n) is 4.20. The minimum atomic E-state index is -0.285. The van der Waals surface area contributed by atoms with Gasteiger partial charge in [-0.05, 0) is 37.0 Å². The van der Waals surface area contributed by atoms with Gasteiger partial charge in [0.05, 0.1) is 11.6 Å². The number of benzene rings is 1. The van der Waals surface area contributed by atoms with Crippen molar-refractivity contribution >= 4 is 17.5 Å². The molecule has 1 fully saturated rings. The van der Waals surface area contributed by atoms with Crippen LogP contribution in [0.3, 0.4) is 0 Å². The number of amides is 2. The molecule has 2 rings (SSSR count). The summed E-state index contributed by atoms with van der Waals surface area (Å²) in [6.07, 6.45) is 1.96. The summed E-state index contributed by atoms with van der Waals surface area (Å²) in [6.45, 7) is 1.23. The van der Waals surface area contributed by atoms with Gasteiger partial charge in [-0.3, -0.25) is 9.59 Å². The first kappa shape index (κ1) is 16.8. The van der Waals surface area contributed by atoms with Crippen LogP contribution in [0.15, 0.2) is 18.2 Å². The zero-order valence-electron chi connectivity index (χ0n) is 13.6. The lowest BCUT2D eigenvalue weighted by Gasteiger charge is -2.31. The number of hydrogen-bond donors (Lipinski definition) is 1. The van der Waals surface area contributed by atoms with Crippen molar-refractivity contribution in [1.29, 1.82) is 5.26 Å². The Bertz CT molecular complexity index is 640. The van der Waals surface area contributed by atoms with Gasteiger partial charge in [-0.15, -0.1) is 0 Å². The molecule has 0 bridgehead atoms. The normalized spacial score (nSPS) is 15.1. The number of rotatable bonds is 4. The molecule has 6 nitrogen and oxygen atoms in total. The Morgan fingerprint density at radius 1 is 1.30 bits per heavy atom. The maximum absolute atomic E-state index is 12.7. The third-order valence-corrected chi connectivity index (χ3v) is 4.20. The van der Waals surface area contributed by atoms with E-state index in [4.69, 9.17) is 11.0 Å². The van der Waals surface area contributed by atoms with E-state index in [1.807, 2.05) is 19.0 Å². The fraction of sp³-hybridized carbons (Fsp3) is 0.471. The van der Waals surface area contributed by atoms with Crippen molar-refractivity contribution < 1.29 is 9.59 Å². The number of nitrogens with two attached hydrogens (primary N) is 1. The third kappa shape index (κ3) is 4.22. The highest BCUT2D eigenvalue weighted by molar-refractivity contribution is 5.95. The summed E-state index contributed by atoms with van der Waals surface area (Å²) >= 11 is 0. The Kier molecular flexibility index (Phi) is 5.22. The van der Waals surface area contributed by atoms with E-state index in [2.05, 4.69) is 6.07 Å². The molecule has 1 aromatic carbocycles. The monoisotopic (exact) mass is 314 g/mol. The standard InChI is InChI=1S/C17H22N4O2/c1-20(2)15-8-13(11-18)7-14(10-15)17(23)21-5-3-12(4-6-21)9-16(19)22/h7-8,10,12H,3-6,9H2,1-2H3,(H2,19,22). The SMILES string of the molecule is CN(C)c1cc(C#N)cc(C(=O)N2CCC(CC(N)=O)CC2)c1. The van der Waals surface area contributed by atoms with Gasteiger partial charge >= 0.3 is 0 Å². The van der Waals surface area contributed by atoms with Crippen molar-refractivity contribution in [3.05, 3.63) is 29.3 Å². The first-order valence-corrected chi connectivity index (χ1v) is 7.70. The summed E-state index contributed by atoms with van der Waals surface area (Å²) in [7, 11) is 3.75. The summed E-state index contributed by atoms with van der Waals surface area (Å²) in [5.41, 5.74) is 7.06. The number of nitrogens with zero attached hydrogens (tertiary/aromatic N) is 3. The highest BCUT2D eigenvalue weighted by Gasteiger charge is 2.25. The van der Waals surface area contributed by atoms with Gasteiger partial charge in [0, 0.05) is 44.9 Å². The molecule has 1 aromatic rings. The van der Waals surface area contributed by atoms with E-state index in [1.165, 1.54) is 0 Å². The van der Waals surface area contributed by atoms with E-state index in [9.17, 15) is 9.59 Å². The maximum atomic E-state index is 12.7. The Balaban J connectivity index is 2.11. The predicted octanol–water partition coefficient (Wildman–Crippen LogP) is 1.35. The molecule has 6 heteroatoms. The van der Waals surface area contributed by atoms with E-state index in [0.29, 0.717) is 30.6 Å². The summed E-state index contributed by atoms with van der Waals surface area (Å²) in [5, 5.41) is 9.14. The van der Waals surface area contributed by atoms with Crippen LogP contribution in [0.5, 0.6) is 0 Å². The van der Waals surface area contributed by atoms with E-state index in [0.717, 1.165) is 18.5 Å².